The number of nitrogens with zero attached hydrogens (tertiary/aromatic N) is 3. The van der Waals surface area contributed by atoms with Gasteiger partial charge in [0.1, 0.15) is 11.7 Å². The van der Waals surface area contributed by atoms with Gasteiger partial charge < -0.3 is 15.5 Å². The molecule has 3 aliphatic rings. The van der Waals surface area contributed by atoms with Crippen LogP contribution in [0, 0.1) is 0 Å². The van der Waals surface area contributed by atoms with E-state index in [1.165, 1.54) is 0 Å². The Kier molecular flexibility index (Phi) is 3.82. The normalized spacial score (nSPS) is 23.0. The molecule has 6 nitrogen and oxygen atoms in total. The van der Waals surface area contributed by atoms with Gasteiger partial charge in [0.2, 0.25) is 6.41 Å². The molecular weight excluding hydrogens is 302 g/mol. The maximum absolute atomic E-state index is 11.5. The third-order valence-electron chi connectivity index (χ3n) is 4.65. The van der Waals surface area contributed by atoms with Crippen molar-refractivity contribution >= 4 is 23.6 Å². The summed E-state index contributed by atoms with van der Waals surface area (Å²) in [6.07, 6.45) is 4.95. The molecule has 3 heterocycles. The van der Waals surface area contributed by atoms with E-state index in [9.17, 15) is 4.79 Å². The topological polar surface area (TPSA) is 60.0 Å². The fourth-order valence-corrected chi connectivity index (χ4v) is 3.38. The number of benzene rings is 1. The van der Waals surface area contributed by atoms with Crippen molar-refractivity contribution in [3.05, 3.63) is 47.8 Å². The number of para-hydroxylation sites is 2. The molecule has 1 amide bonds. The van der Waals surface area contributed by atoms with E-state index in [1.54, 1.807) is 4.90 Å². The number of piperazine rings is 1. The molecule has 1 saturated heterocycles. The van der Waals surface area contributed by atoms with Crippen LogP contribution in [0.5, 0.6) is 0 Å². The van der Waals surface area contributed by atoms with E-state index < -0.39 is 0 Å². The maximum Gasteiger partial charge on any atom is 0.215 e. The highest BCUT2D eigenvalue weighted by molar-refractivity contribution is 6.05. The Hall–Kier alpha value is -2.60. The molecular formula is C18H21N5O. The molecule has 124 valence electrons. The van der Waals surface area contributed by atoms with Crippen molar-refractivity contribution in [3.63, 3.8) is 0 Å². The number of hydrogen-bond acceptors (Lipinski definition) is 5. The molecule has 24 heavy (non-hydrogen) atoms. The average Bonchev–Trinajstić information content (AvgIpc) is 2.78. The van der Waals surface area contributed by atoms with Crippen LogP contribution in [0.2, 0.25) is 0 Å². The van der Waals surface area contributed by atoms with E-state index in [0.717, 1.165) is 54.6 Å². The minimum atomic E-state index is 0.344. The van der Waals surface area contributed by atoms with Crippen LogP contribution in [-0.4, -0.2) is 54.3 Å². The van der Waals surface area contributed by atoms with Gasteiger partial charge in [0.05, 0.1) is 16.9 Å². The summed E-state index contributed by atoms with van der Waals surface area (Å²) in [5.74, 6) is 1.74. The summed E-state index contributed by atoms with van der Waals surface area (Å²) in [5, 5.41) is 6.83. The van der Waals surface area contributed by atoms with Crippen molar-refractivity contribution in [2.75, 3.05) is 31.5 Å². The molecule has 0 aromatic heterocycles. The average molecular weight is 323 g/mol. The Morgan fingerprint density at radius 3 is 3.04 bits per heavy atom. The number of carbonyl (C=O) groups is 1. The molecule has 1 aromatic carbocycles. The summed E-state index contributed by atoms with van der Waals surface area (Å²) < 4.78 is 0. The van der Waals surface area contributed by atoms with E-state index in [2.05, 4.69) is 28.5 Å². The van der Waals surface area contributed by atoms with Crippen LogP contribution in [0.15, 0.2) is 52.8 Å². The van der Waals surface area contributed by atoms with E-state index in [-0.39, 0.29) is 0 Å². The standard InChI is InChI=1S/C18H21N5O/c1-13-11-19-8-10-23(13)18-14-5-4-9-22(12-24)17(14)20-15-6-2-3-7-16(15)21-18/h2-7,12-13,19-20H,8-11H2,1H3. The lowest BCUT2D eigenvalue weighted by atomic mass is 10.1. The molecule has 4 rings (SSSR count). The van der Waals surface area contributed by atoms with Crippen molar-refractivity contribution in [1.29, 1.82) is 0 Å². The first-order valence-electron chi connectivity index (χ1n) is 8.33. The van der Waals surface area contributed by atoms with Gasteiger partial charge in [-0.2, -0.15) is 0 Å². The predicted octanol–water partition coefficient (Wildman–Crippen LogP) is 1.68. The number of hydrogen-bond donors (Lipinski definition) is 2. The van der Waals surface area contributed by atoms with Crippen LogP contribution in [0.25, 0.3) is 0 Å². The first kappa shape index (κ1) is 15.0. The zero-order valence-electron chi connectivity index (χ0n) is 13.7. The van der Waals surface area contributed by atoms with Gasteiger partial charge in [-0.25, -0.2) is 4.99 Å². The van der Waals surface area contributed by atoms with Crippen molar-refractivity contribution < 1.29 is 4.79 Å². The van der Waals surface area contributed by atoms with Crippen molar-refractivity contribution in [2.45, 2.75) is 13.0 Å². The summed E-state index contributed by atoms with van der Waals surface area (Å²) >= 11 is 0. The number of amides is 1. The van der Waals surface area contributed by atoms with Crippen LogP contribution < -0.4 is 10.6 Å². The summed E-state index contributed by atoms with van der Waals surface area (Å²) in [6, 6.07) is 8.30. The van der Waals surface area contributed by atoms with Gasteiger partial charge in [0, 0.05) is 32.2 Å². The molecule has 0 saturated carbocycles. The fourth-order valence-electron chi connectivity index (χ4n) is 3.38. The molecule has 0 bridgehead atoms. The zero-order valence-corrected chi connectivity index (χ0v) is 13.7. The highest BCUT2D eigenvalue weighted by Crippen LogP contribution is 2.33. The highest BCUT2D eigenvalue weighted by Gasteiger charge is 2.30. The Morgan fingerprint density at radius 2 is 2.21 bits per heavy atom. The van der Waals surface area contributed by atoms with Crippen LogP contribution in [0.4, 0.5) is 11.4 Å². The van der Waals surface area contributed by atoms with Crippen molar-refractivity contribution in [3.8, 4) is 0 Å². The first-order valence-corrected chi connectivity index (χ1v) is 8.33. The molecule has 2 N–H and O–H groups in total. The Bertz CT molecular complexity index is 752. The van der Waals surface area contributed by atoms with Gasteiger partial charge in [0.15, 0.2) is 0 Å². The Balaban J connectivity index is 1.87. The molecule has 0 spiro atoms. The second kappa shape index (κ2) is 6.13. The summed E-state index contributed by atoms with van der Waals surface area (Å²) in [5.41, 5.74) is 2.79. The lowest BCUT2D eigenvalue weighted by Crippen LogP contribution is -2.53. The fraction of sp³-hybridized carbons (Fsp3) is 0.333. The van der Waals surface area contributed by atoms with E-state index in [0.29, 0.717) is 12.6 Å². The number of amidine groups is 1. The van der Waals surface area contributed by atoms with E-state index in [4.69, 9.17) is 4.99 Å². The lowest BCUT2D eigenvalue weighted by molar-refractivity contribution is -0.116. The quantitative estimate of drug-likeness (QED) is 0.772. The second-order valence-electron chi connectivity index (χ2n) is 6.25. The Morgan fingerprint density at radius 1 is 1.33 bits per heavy atom. The number of carbonyl (C=O) groups excluding carboxylic acids is 1. The lowest BCUT2D eigenvalue weighted by Gasteiger charge is -2.37. The number of rotatable bonds is 1. The van der Waals surface area contributed by atoms with Crippen molar-refractivity contribution in [1.82, 2.24) is 15.1 Å². The molecule has 6 heteroatoms. The predicted molar refractivity (Wildman–Crippen MR) is 95.1 cm³/mol. The first-order chi connectivity index (χ1) is 11.8. The largest absolute Gasteiger partial charge is 0.351 e. The molecule has 3 aliphatic heterocycles. The summed E-state index contributed by atoms with van der Waals surface area (Å²) in [6.45, 7) is 5.53. The van der Waals surface area contributed by atoms with Gasteiger partial charge in [-0.3, -0.25) is 9.69 Å². The van der Waals surface area contributed by atoms with Crippen LogP contribution in [0.3, 0.4) is 0 Å². The van der Waals surface area contributed by atoms with E-state index >= 15 is 0 Å². The Labute approximate surface area is 141 Å². The van der Waals surface area contributed by atoms with Crippen molar-refractivity contribution in [2.24, 2.45) is 4.99 Å². The van der Waals surface area contributed by atoms with Crippen LogP contribution in [0.1, 0.15) is 6.92 Å². The third-order valence-corrected chi connectivity index (χ3v) is 4.65. The molecule has 0 aliphatic carbocycles. The molecule has 1 atom stereocenters. The van der Waals surface area contributed by atoms with Gasteiger partial charge in [-0.15, -0.1) is 0 Å². The van der Waals surface area contributed by atoms with Gasteiger partial charge >= 0.3 is 0 Å². The smallest absolute Gasteiger partial charge is 0.215 e. The van der Waals surface area contributed by atoms with Gasteiger partial charge in [-0.1, -0.05) is 18.2 Å². The minimum absolute atomic E-state index is 0.344. The summed E-state index contributed by atoms with van der Waals surface area (Å²) in [7, 11) is 0. The molecule has 1 fully saturated rings. The summed E-state index contributed by atoms with van der Waals surface area (Å²) in [4.78, 5) is 20.5. The zero-order chi connectivity index (χ0) is 16.5. The minimum Gasteiger partial charge on any atom is -0.351 e. The number of fused-ring (bicyclic) bond motifs is 1. The molecule has 0 radical (unpaired) electrons. The van der Waals surface area contributed by atoms with Crippen LogP contribution in [-0.2, 0) is 4.79 Å². The number of nitrogens with one attached hydrogen (secondary N) is 2. The van der Waals surface area contributed by atoms with E-state index in [1.807, 2.05) is 30.3 Å². The SMILES string of the molecule is CC1CNCCN1C1=Nc2ccccc2NC2=C1C=CCN2C=O. The monoisotopic (exact) mass is 323 g/mol. The highest BCUT2D eigenvalue weighted by atomic mass is 16.1. The van der Waals surface area contributed by atoms with Crippen LogP contribution >= 0.6 is 0 Å². The maximum atomic E-state index is 11.5. The molecule has 1 unspecified atom stereocenters. The second-order valence-corrected chi connectivity index (χ2v) is 6.25. The number of aliphatic imine (C=N–C) groups is 1. The molecule has 1 aromatic rings. The number of anilines is 1. The van der Waals surface area contributed by atoms with Gasteiger partial charge in [-0.05, 0) is 25.1 Å². The van der Waals surface area contributed by atoms with Gasteiger partial charge in [0.25, 0.3) is 0 Å². The third kappa shape index (κ3) is 2.49.